The second-order valence-electron chi connectivity index (χ2n) is 5.82. The van der Waals surface area contributed by atoms with Crippen molar-refractivity contribution in [3.8, 4) is 11.5 Å². The number of amides is 1. The Balaban J connectivity index is 1.67. The number of carbonyl (C=O) groups is 1. The fourth-order valence-electron chi connectivity index (χ4n) is 2.98. The van der Waals surface area contributed by atoms with Crippen LogP contribution in [0.2, 0.25) is 5.02 Å². The Labute approximate surface area is 152 Å². The molecule has 0 saturated carbocycles. The Kier molecular flexibility index (Phi) is 5.34. The molecule has 1 fully saturated rings. The monoisotopic (exact) mass is 360 g/mol. The molecule has 0 aromatic heterocycles. The highest BCUT2D eigenvalue weighted by Crippen LogP contribution is 2.32. The van der Waals surface area contributed by atoms with Crippen molar-refractivity contribution in [2.75, 3.05) is 45.3 Å². The van der Waals surface area contributed by atoms with Gasteiger partial charge >= 0.3 is 0 Å². The third kappa shape index (κ3) is 3.82. The molecule has 1 heterocycles. The summed E-state index contributed by atoms with van der Waals surface area (Å²) >= 11 is 6.12. The van der Waals surface area contributed by atoms with Crippen LogP contribution in [0, 0.1) is 0 Å². The predicted octanol–water partition coefficient (Wildman–Crippen LogP) is 3.32. The van der Waals surface area contributed by atoms with Crippen LogP contribution in [0.25, 0.3) is 0 Å². The van der Waals surface area contributed by atoms with Crippen LogP contribution in [0.1, 0.15) is 10.4 Å². The SMILES string of the molecule is COc1ccc(C(=O)N2CCN(c3cc(Cl)ccc3OC)CC2)cc1. The summed E-state index contributed by atoms with van der Waals surface area (Å²) < 4.78 is 10.6. The first-order valence-electron chi connectivity index (χ1n) is 8.14. The van der Waals surface area contributed by atoms with E-state index in [1.165, 1.54) is 0 Å². The lowest BCUT2D eigenvalue weighted by Crippen LogP contribution is -2.48. The summed E-state index contributed by atoms with van der Waals surface area (Å²) in [6, 6.07) is 12.8. The number of methoxy groups -OCH3 is 2. The second-order valence-corrected chi connectivity index (χ2v) is 6.26. The largest absolute Gasteiger partial charge is 0.497 e. The van der Waals surface area contributed by atoms with E-state index >= 15 is 0 Å². The van der Waals surface area contributed by atoms with E-state index in [0.717, 1.165) is 30.3 Å². The molecule has 2 aromatic carbocycles. The van der Waals surface area contributed by atoms with Gasteiger partial charge in [0.25, 0.3) is 5.91 Å². The molecular weight excluding hydrogens is 340 g/mol. The number of carbonyl (C=O) groups excluding carboxylic acids is 1. The predicted molar refractivity (Wildman–Crippen MR) is 99.1 cm³/mol. The van der Waals surface area contributed by atoms with E-state index in [1.807, 2.05) is 23.1 Å². The van der Waals surface area contributed by atoms with Gasteiger partial charge in [0, 0.05) is 36.8 Å². The number of halogens is 1. The molecule has 1 saturated heterocycles. The van der Waals surface area contributed by atoms with E-state index in [4.69, 9.17) is 21.1 Å². The normalized spacial score (nSPS) is 14.4. The summed E-state index contributed by atoms with van der Waals surface area (Å²) in [6.45, 7) is 2.78. The number of benzene rings is 2. The highest BCUT2D eigenvalue weighted by atomic mass is 35.5. The molecule has 0 unspecified atom stereocenters. The minimum atomic E-state index is 0.0420. The van der Waals surface area contributed by atoms with Gasteiger partial charge in [0.1, 0.15) is 11.5 Å². The molecule has 1 aliphatic rings. The standard InChI is InChI=1S/C19H21ClN2O3/c1-24-16-6-3-14(4-7-16)19(23)22-11-9-21(10-12-22)17-13-15(20)5-8-18(17)25-2/h3-8,13H,9-12H2,1-2H3. The molecule has 1 amide bonds. The van der Waals surface area contributed by atoms with Gasteiger partial charge in [-0.25, -0.2) is 0 Å². The Hall–Kier alpha value is -2.40. The van der Waals surface area contributed by atoms with Crippen molar-refractivity contribution in [1.29, 1.82) is 0 Å². The number of hydrogen-bond donors (Lipinski definition) is 0. The Morgan fingerprint density at radius 1 is 0.960 bits per heavy atom. The molecule has 3 rings (SSSR count). The maximum Gasteiger partial charge on any atom is 0.253 e. The number of nitrogens with zero attached hydrogens (tertiary/aromatic N) is 2. The number of hydrogen-bond acceptors (Lipinski definition) is 4. The summed E-state index contributed by atoms with van der Waals surface area (Å²) in [5, 5.41) is 0.674. The van der Waals surface area contributed by atoms with Crippen LogP contribution >= 0.6 is 11.6 Å². The summed E-state index contributed by atoms with van der Waals surface area (Å²) in [5.74, 6) is 1.58. The van der Waals surface area contributed by atoms with Crippen molar-refractivity contribution in [1.82, 2.24) is 4.90 Å². The topological polar surface area (TPSA) is 42.0 Å². The number of ether oxygens (including phenoxy) is 2. The number of anilines is 1. The van der Waals surface area contributed by atoms with Crippen molar-refractivity contribution < 1.29 is 14.3 Å². The highest BCUT2D eigenvalue weighted by molar-refractivity contribution is 6.30. The molecule has 0 spiro atoms. The van der Waals surface area contributed by atoms with Crippen LogP contribution in [-0.4, -0.2) is 51.2 Å². The molecule has 0 radical (unpaired) electrons. The lowest BCUT2D eigenvalue weighted by Gasteiger charge is -2.36. The Bertz CT molecular complexity index is 741. The lowest BCUT2D eigenvalue weighted by molar-refractivity contribution is 0.0746. The zero-order chi connectivity index (χ0) is 17.8. The molecule has 2 aromatic rings. The van der Waals surface area contributed by atoms with Gasteiger partial charge in [0.2, 0.25) is 0 Å². The van der Waals surface area contributed by atoms with E-state index in [9.17, 15) is 4.79 Å². The summed E-state index contributed by atoms with van der Waals surface area (Å²) in [6.07, 6.45) is 0. The maximum atomic E-state index is 12.6. The average Bonchev–Trinajstić information content (AvgIpc) is 2.67. The number of piperazine rings is 1. The van der Waals surface area contributed by atoms with E-state index in [0.29, 0.717) is 23.7 Å². The Morgan fingerprint density at radius 3 is 2.24 bits per heavy atom. The van der Waals surface area contributed by atoms with Crippen LogP contribution in [0.5, 0.6) is 11.5 Å². The van der Waals surface area contributed by atoms with Gasteiger partial charge < -0.3 is 19.3 Å². The van der Waals surface area contributed by atoms with Gasteiger partial charge in [-0.15, -0.1) is 0 Å². The first kappa shape index (κ1) is 17.4. The second kappa shape index (κ2) is 7.66. The van der Waals surface area contributed by atoms with E-state index in [2.05, 4.69) is 4.90 Å². The lowest BCUT2D eigenvalue weighted by atomic mass is 10.1. The number of rotatable bonds is 4. The van der Waals surface area contributed by atoms with Crippen LogP contribution in [0.3, 0.4) is 0 Å². The van der Waals surface area contributed by atoms with Gasteiger partial charge in [0.15, 0.2) is 0 Å². The molecule has 25 heavy (non-hydrogen) atoms. The quantitative estimate of drug-likeness (QED) is 0.838. The van der Waals surface area contributed by atoms with Gasteiger partial charge in [-0.05, 0) is 42.5 Å². The molecular formula is C19H21ClN2O3. The van der Waals surface area contributed by atoms with Crippen molar-refractivity contribution in [2.24, 2.45) is 0 Å². The molecule has 1 aliphatic heterocycles. The smallest absolute Gasteiger partial charge is 0.253 e. The van der Waals surface area contributed by atoms with Gasteiger partial charge in [-0.2, -0.15) is 0 Å². The van der Waals surface area contributed by atoms with E-state index in [1.54, 1.807) is 38.5 Å². The highest BCUT2D eigenvalue weighted by Gasteiger charge is 2.24. The van der Waals surface area contributed by atoms with E-state index in [-0.39, 0.29) is 5.91 Å². The zero-order valence-electron chi connectivity index (χ0n) is 14.4. The van der Waals surface area contributed by atoms with Gasteiger partial charge in [0.05, 0.1) is 19.9 Å². The molecule has 0 bridgehead atoms. The van der Waals surface area contributed by atoms with Crippen LogP contribution in [0.4, 0.5) is 5.69 Å². The molecule has 0 N–H and O–H groups in total. The first-order valence-corrected chi connectivity index (χ1v) is 8.52. The van der Waals surface area contributed by atoms with E-state index < -0.39 is 0 Å². The van der Waals surface area contributed by atoms with Crippen molar-refractivity contribution in [3.63, 3.8) is 0 Å². The maximum absolute atomic E-state index is 12.6. The first-order chi connectivity index (χ1) is 12.1. The average molecular weight is 361 g/mol. The summed E-state index contributed by atoms with van der Waals surface area (Å²) in [4.78, 5) is 16.7. The van der Waals surface area contributed by atoms with Crippen molar-refractivity contribution in [3.05, 3.63) is 53.1 Å². The zero-order valence-corrected chi connectivity index (χ0v) is 15.1. The fourth-order valence-corrected chi connectivity index (χ4v) is 3.14. The third-order valence-electron chi connectivity index (χ3n) is 4.39. The van der Waals surface area contributed by atoms with Gasteiger partial charge in [-0.3, -0.25) is 4.79 Å². The summed E-state index contributed by atoms with van der Waals surface area (Å²) in [7, 11) is 3.26. The molecule has 0 atom stereocenters. The van der Waals surface area contributed by atoms with Crippen LogP contribution in [-0.2, 0) is 0 Å². The molecule has 132 valence electrons. The third-order valence-corrected chi connectivity index (χ3v) is 4.62. The molecule has 6 heteroatoms. The minimum absolute atomic E-state index is 0.0420. The van der Waals surface area contributed by atoms with Crippen LogP contribution < -0.4 is 14.4 Å². The molecule has 0 aliphatic carbocycles. The fraction of sp³-hybridized carbons (Fsp3) is 0.316. The summed E-state index contributed by atoms with van der Waals surface area (Å²) in [5.41, 5.74) is 1.64. The molecule has 5 nitrogen and oxygen atoms in total. The van der Waals surface area contributed by atoms with Crippen molar-refractivity contribution >= 4 is 23.2 Å². The van der Waals surface area contributed by atoms with Crippen LogP contribution in [0.15, 0.2) is 42.5 Å². The minimum Gasteiger partial charge on any atom is -0.497 e. The Morgan fingerprint density at radius 2 is 1.64 bits per heavy atom. The van der Waals surface area contributed by atoms with Gasteiger partial charge in [-0.1, -0.05) is 11.6 Å². The van der Waals surface area contributed by atoms with Crippen molar-refractivity contribution in [2.45, 2.75) is 0 Å².